The monoisotopic (exact) mass is 302 g/mol. The maximum atomic E-state index is 12.7. The molecule has 1 heterocycles. The van der Waals surface area contributed by atoms with Crippen LogP contribution in [0.1, 0.15) is 32.1 Å². The van der Waals surface area contributed by atoms with Gasteiger partial charge in [0.2, 0.25) is 0 Å². The largest absolute Gasteiger partial charge is 0.308 e. The van der Waals surface area contributed by atoms with E-state index in [1.54, 1.807) is 4.57 Å². The highest BCUT2D eigenvalue weighted by atomic mass is 16.1. The number of hydrogen-bond acceptors (Lipinski definition) is 4. The van der Waals surface area contributed by atoms with Crippen molar-refractivity contribution in [3.8, 4) is 0 Å². The molecule has 1 atom stereocenters. The van der Waals surface area contributed by atoms with E-state index < -0.39 is 0 Å². The third kappa shape index (κ3) is 3.54. The molecule has 120 valence electrons. The van der Waals surface area contributed by atoms with Crippen LogP contribution in [0.25, 0.3) is 10.9 Å². The summed E-state index contributed by atoms with van der Waals surface area (Å²) in [7, 11) is 4.11. The van der Waals surface area contributed by atoms with Crippen LogP contribution in [0.3, 0.4) is 0 Å². The lowest BCUT2D eigenvalue weighted by Gasteiger charge is -2.22. The van der Waals surface area contributed by atoms with Crippen molar-refractivity contribution in [3.05, 3.63) is 40.4 Å². The molecule has 0 saturated carbocycles. The maximum absolute atomic E-state index is 12.7. The minimum Gasteiger partial charge on any atom is -0.308 e. The van der Waals surface area contributed by atoms with Crippen LogP contribution < -0.4 is 10.9 Å². The number of para-hydroxylation sites is 1. The molecular weight excluding hydrogens is 276 g/mol. The number of nitrogens with zero attached hydrogens (tertiary/aromatic N) is 3. The molecule has 0 amide bonds. The smallest absolute Gasteiger partial charge is 0.261 e. The summed E-state index contributed by atoms with van der Waals surface area (Å²) in [6.07, 6.45) is 0.901. The zero-order valence-corrected chi connectivity index (χ0v) is 14.0. The number of benzene rings is 1. The van der Waals surface area contributed by atoms with E-state index in [0.29, 0.717) is 11.9 Å². The molecule has 0 spiro atoms. The quantitative estimate of drug-likeness (QED) is 0.850. The zero-order chi connectivity index (χ0) is 16.1. The van der Waals surface area contributed by atoms with Crippen LogP contribution in [0.5, 0.6) is 0 Å². The molecule has 2 rings (SSSR count). The molecule has 0 fully saturated rings. The average molecular weight is 302 g/mol. The van der Waals surface area contributed by atoms with Gasteiger partial charge < -0.3 is 10.2 Å². The molecule has 5 heteroatoms. The predicted molar refractivity (Wildman–Crippen MR) is 91.3 cm³/mol. The maximum Gasteiger partial charge on any atom is 0.261 e. The van der Waals surface area contributed by atoms with Crippen molar-refractivity contribution in [2.75, 3.05) is 27.2 Å². The Labute approximate surface area is 132 Å². The van der Waals surface area contributed by atoms with E-state index in [0.717, 1.165) is 30.9 Å². The van der Waals surface area contributed by atoms with Crippen molar-refractivity contribution in [3.63, 3.8) is 0 Å². The number of likely N-dealkylation sites (N-methyl/N-ethyl adjacent to an activating group) is 1. The number of rotatable bonds is 7. The summed E-state index contributed by atoms with van der Waals surface area (Å²) in [4.78, 5) is 19.6. The minimum absolute atomic E-state index is 0.0518. The van der Waals surface area contributed by atoms with Gasteiger partial charge in [0.1, 0.15) is 5.82 Å². The lowest BCUT2D eigenvalue weighted by Crippen LogP contribution is -2.34. The summed E-state index contributed by atoms with van der Waals surface area (Å²) in [5.74, 6) is 0.840. The topological polar surface area (TPSA) is 50.2 Å². The molecule has 22 heavy (non-hydrogen) atoms. The summed E-state index contributed by atoms with van der Waals surface area (Å²) in [6, 6.07) is 7.66. The van der Waals surface area contributed by atoms with Crippen molar-refractivity contribution in [1.29, 1.82) is 0 Å². The molecule has 2 aromatic rings. The first-order valence-electron chi connectivity index (χ1n) is 7.96. The Morgan fingerprint density at radius 3 is 2.64 bits per heavy atom. The van der Waals surface area contributed by atoms with Crippen LogP contribution in [-0.4, -0.2) is 41.6 Å². The van der Waals surface area contributed by atoms with Gasteiger partial charge in [0.05, 0.1) is 16.9 Å². The van der Waals surface area contributed by atoms with E-state index in [9.17, 15) is 4.79 Å². The lowest BCUT2D eigenvalue weighted by molar-refractivity contribution is 0.373. The molecule has 0 radical (unpaired) electrons. The van der Waals surface area contributed by atoms with Crippen molar-refractivity contribution < 1.29 is 0 Å². The van der Waals surface area contributed by atoms with Crippen LogP contribution in [0, 0.1) is 0 Å². The lowest BCUT2D eigenvalue weighted by atomic mass is 10.1. The van der Waals surface area contributed by atoms with E-state index in [4.69, 9.17) is 4.98 Å². The Balaban J connectivity index is 2.41. The fraction of sp³-hybridized carbons (Fsp3) is 0.529. The van der Waals surface area contributed by atoms with E-state index in [-0.39, 0.29) is 11.6 Å². The third-order valence-corrected chi connectivity index (χ3v) is 3.88. The Kier molecular flexibility index (Phi) is 5.69. The molecule has 5 nitrogen and oxygen atoms in total. The molecule has 1 aromatic carbocycles. The molecule has 1 aromatic heterocycles. The molecule has 0 unspecified atom stereocenters. The molecule has 0 aliphatic heterocycles. The second-order valence-corrected chi connectivity index (χ2v) is 5.75. The summed E-state index contributed by atoms with van der Waals surface area (Å²) in [5, 5.41) is 4.21. The average Bonchev–Trinajstić information content (AvgIpc) is 2.51. The number of fused-ring (bicyclic) bond motifs is 1. The fourth-order valence-corrected chi connectivity index (χ4v) is 2.64. The molecule has 0 aliphatic rings. The van der Waals surface area contributed by atoms with Gasteiger partial charge in [-0.3, -0.25) is 9.36 Å². The standard InChI is InChI=1S/C17H26N4O/c1-5-14(18-11-12-20(3)4)16-19-15-10-8-7-9-13(15)17(22)21(16)6-2/h7-10,14,18H,5-6,11-12H2,1-4H3/t14-/m0/s1. The van der Waals surface area contributed by atoms with Crippen molar-refractivity contribution in [2.45, 2.75) is 32.9 Å². The summed E-state index contributed by atoms with van der Waals surface area (Å²) in [6.45, 7) is 6.58. The first-order valence-corrected chi connectivity index (χ1v) is 7.96. The van der Waals surface area contributed by atoms with E-state index in [2.05, 4.69) is 31.2 Å². The molecule has 0 aliphatic carbocycles. The number of aromatic nitrogens is 2. The van der Waals surface area contributed by atoms with Crippen LogP contribution in [0.4, 0.5) is 0 Å². The van der Waals surface area contributed by atoms with Crippen molar-refractivity contribution in [1.82, 2.24) is 19.8 Å². The third-order valence-electron chi connectivity index (χ3n) is 3.88. The first-order chi connectivity index (χ1) is 10.6. The van der Waals surface area contributed by atoms with Crippen LogP contribution >= 0.6 is 0 Å². The van der Waals surface area contributed by atoms with Crippen LogP contribution in [0.2, 0.25) is 0 Å². The van der Waals surface area contributed by atoms with E-state index >= 15 is 0 Å². The predicted octanol–water partition coefficient (Wildman–Crippen LogP) is 2.02. The van der Waals surface area contributed by atoms with Gasteiger partial charge in [-0.15, -0.1) is 0 Å². The highest BCUT2D eigenvalue weighted by Crippen LogP contribution is 2.16. The van der Waals surface area contributed by atoms with Crippen molar-refractivity contribution >= 4 is 10.9 Å². The zero-order valence-electron chi connectivity index (χ0n) is 14.0. The number of nitrogens with one attached hydrogen (secondary N) is 1. The molecule has 0 saturated heterocycles. The van der Waals surface area contributed by atoms with Crippen molar-refractivity contribution in [2.24, 2.45) is 0 Å². The SMILES string of the molecule is CC[C@H](NCCN(C)C)c1nc2ccccc2c(=O)n1CC. The van der Waals surface area contributed by atoms with Gasteiger partial charge in [0.25, 0.3) is 5.56 Å². The Morgan fingerprint density at radius 2 is 2.00 bits per heavy atom. The van der Waals surface area contributed by atoms with Gasteiger partial charge >= 0.3 is 0 Å². The van der Waals surface area contributed by atoms with Gasteiger partial charge in [-0.05, 0) is 39.6 Å². The summed E-state index contributed by atoms with van der Waals surface area (Å²) >= 11 is 0. The molecule has 1 N–H and O–H groups in total. The first kappa shape index (κ1) is 16.6. The Morgan fingerprint density at radius 1 is 1.27 bits per heavy atom. The minimum atomic E-state index is 0.0518. The summed E-state index contributed by atoms with van der Waals surface area (Å²) in [5.41, 5.74) is 0.830. The van der Waals surface area contributed by atoms with E-state index in [1.807, 2.05) is 31.2 Å². The van der Waals surface area contributed by atoms with Gasteiger partial charge in [-0.25, -0.2) is 4.98 Å². The number of hydrogen-bond donors (Lipinski definition) is 1. The summed E-state index contributed by atoms with van der Waals surface area (Å²) < 4.78 is 1.79. The highest BCUT2D eigenvalue weighted by Gasteiger charge is 2.17. The Hall–Kier alpha value is -1.72. The second kappa shape index (κ2) is 7.51. The van der Waals surface area contributed by atoms with E-state index in [1.165, 1.54) is 0 Å². The second-order valence-electron chi connectivity index (χ2n) is 5.75. The molecular formula is C17H26N4O. The van der Waals surface area contributed by atoms with Gasteiger partial charge in [-0.2, -0.15) is 0 Å². The van der Waals surface area contributed by atoms with Gasteiger partial charge in [-0.1, -0.05) is 19.1 Å². The Bertz CT molecular complexity index is 678. The van der Waals surface area contributed by atoms with Crippen LogP contribution in [0.15, 0.2) is 29.1 Å². The van der Waals surface area contributed by atoms with Gasteiger partial charge in [0, 0.05) is 19.6 Å². The normalized spacial score (nSPS) is 13.0. The van der Waals surface area contributed by atoms with Crippen LogP contribution in [-0.2, 0) is 6.54 Å². The highest BCUT2D eigenvalue weighted by molar-refractivity contribution is 5.77. The van der Waals surface area contributed by atoms with Gasteiger partial charge in [0.15, 0.2) is 0 Å². The molecule has 0 bridgehead atoms. The fourth-order valence-electron chi connectivity index (χ4n) is 2.64.